The van der Waals surface area contributed by atoms with Crippen LogP contribution < -0.4 is 5.73 Å². The van der Waals surface area contributed by atoms with Gasteiger partial charge in [-0.3, -0.25) is 0 Å². The second-order valence-corrected chi connectivity index (χ2v) is 8.89. The lowest BCUT2D eigenvalue weighted by Gasteiger charge is -2.19. The summed E-state index contributed by atoms with van der Waals surface area (Å²) in [5.74, 6) is 0. The number of thiophene rings is 1. The maximum atomic E-state index is 6.50. The molecule has 2 N–H and O–H groups in total. The molecule has 0 bridgehead atoms. The molecule has 1 aromatic heterocycles. The SMILES string of the molecule is Nc1sc2ccccc2c1-c1cccc2c1ccc1c3c(ccc12)CCCC3. The second-order valence-electron chi connectivity index (χ2n) is 7.81. The molecule has 0 aliphatic heterocycles. The molecule has 2 heteroatoms. The van der Waals surface area contributed by atoms with E-state index in [9.17, 15) is 0 Å². The first kappa shape index (κ1) is 16.1. The quantitative estimate of drug-likeness (QED) is 0.303. The Hall–Kier alpha value is -2.84. The first-order chi connectivity index (χ1) is 13.8. The van der Waals surface area contributed by atoms with Crippen molar-refractivity contribution in [3.05, 3.63) is 77.9 Å². The molecule has 1 aliphatic carbocycles. The number of aryl methyl sites for hydroxylation is 2. The van der Waals surface area contributed by atoms with Crippen molar-refractivity contribution in [1.82, 2.24) is 0 Å². The first-order valence-electron chi connectivity index (χ1n) is 10.0. The molecule has 28 heavy (non-hydrogen) atoms. The number of hydrogen-bond acceptors (Lipinski definition) is 2. The van der Waals surface area contributed by atoms with Crippen LogP contribution >= 0.6 is 11.3 Å². The summed E-state index contributed by atoms with van der Waals surface area (Å²) >= 11 is 1.68. The molecule has 0 radical (unpaired) electrons. The summed E-state index contributed by atoms with van der Waals surface area (Å²) in [5.41, 5.74) is 12.0. The molecule has 0 saturated heterocycles. The molecule has 1 heterocycles. The molecule has 0 fully saturated rings. The molecule has 0 spiro atoms. The van der Waals surface area contributed by atoms with E-state index in [1.54, 1.807) is 22.5 Å². The fourth-order valence-corrected chi connectivity index (χ4v) is 5.97. The van der Waals surface area contributed by atoms with Crippen molar-refractivity contribution in [1.29, 1.82) is 0 Å². The van der Waals surface area contributed by atoms with Gasteiger partial charge in [0.1, 0.15) is 0 Å². The van der Waals surface area contributed by atoms with Crippen LogP contribution in [0, 0.1) is 0 Å². The number of benzene rings is 4. The van der Waals surface area contributed by atoms with Gasteiger partial charge >= 0.3 is 0 Å². The Bertz CT molecular complexity index is 1380. The number of fused-ring (bicyclic) bond motifs is 6. The van der Waals surface area contributed by atoms with Crippen LogP contribution in [0.5, 0.6) is 0 Å². The Labute approximate surface area is 168 Å². The van der Waals surface area contributed by atoms with Gasteiger partial charge < -0.3 is 5.73 Å². The van der Waals surface area contributed by atoms with E-state index in [-0.39, 0.29) is 0 Å². The monoisotopic (exact) mass is 379 g/mol. The minimum Gasteiger partial charge on any atom is -0.390 e. The molecular weight excluding hydrogens is 358 g/mol. The zero-order valence-corrected chi connectivity index (χ0v) is 16.5. The van der Waals surface area contributed by atoms with E-state index < -0.39 is 0 Å². The van der Waals surface area contributed by atoms with Crippen LogP contribution in [0.4, 0.5) is 5.00 Å². The summed E-state index contributed by atoms with van der Waals surface area (Å²) in [5, 5.41) is 7.59. The Morgan fingerprint density at radius 1 is 0.643 bits per heavy atom. The summed E-state index contributed by atoms with van der Waals surface area (Å²) in [6.07, 6.45) is 5.06. The third-order valence-electron chi connectivity index (χ3n) is 6.28. The summed E-state index contributed by atoms with van der Waals surface area (Å²) < 4.78 is 1.25. The van der Waals surface area contributed by atoms with Crippen molar-refractivity contribution >= 4 is 48.0 Å². The number of nitrogens with two attached hydrogens (primary N) is 1. The molecule has 1 nitrogen and oxygen atoms in total. The average Bonchev–Trinajstić information content (AvgIpc) is 3.08. The van der Waals surface area contributed by atoms with Crippen LogP contribution in [0.2, 0.25) is 0 Å². The zero-order valence-electron chi connectivity index (χ0n) is 15.7. The standard InChI is InChI=1S/C26H21NS/c27-26-25(23-8-3-4-11-24(23)28-26)22-10-5-9-18-20-13-12-16-6-1-2-7-17(16)19(20)14-15-21(18)22/h3-5,8-15H,1-2,6-7,27H2. The molecular formula is C26H21NS. The lowest BCUT2D eigenvalue weighted by atomic mass is 9.85. The average molecular weight is 380 g/mol. The molecule has 0 amide bonds. The largest absolute Gasteiger partial charge is 0.390 e. The van der Waals surface area contributed by atoms with Crippen LogP contribution in [-0.4, -0.2) is 0 Å². The van der Waals surface area contributed by atoms with Crippen molar-refractivity contribution in [3.63, 3.8) is 0 Å². The molecule has 4 aromatic carbocycles. The lowest BCUT2D eigenvalue weighted by molar-refractivity contribution is 0.690. The van der Waals surface area contributed by atoms with Crippen LogP contribution in [0.1, 0.15) is 24.0 Å². The lowest BCUT2D eigenvalue weighted by Crippen LogP contribution is -2.03. The second kappa shape index (κ2) is 6.08. The number of nitrogen functional groups attached to an aromatic ring is 1. The maximum absolute atomic E-state index is 6.50. The van der Waals surface area contributed by atoms with Gasteiger partial charge in [0.2, 0.25) is 0 Å². The van der Waals surface area contributed by atoms with Crippen molar-refractivity contribution < 1.29 is 0 Å². The predicted octanol–water partition coefficient (Wildman–Crippen LogP) is 7.34. The first-order valence-corrected chi connectivity index (χ1v) is 10.9. The molecule has 0 saturated carbocycles. The van der Waals surface area contributed by atoms with Gasteiger partial charge in [-0.05, 0) is 70.0 Å². The van der Waals surface area contributed by atoms with Crippen LogP contribution in [0.15, 0.2) is 66.7 Å². The number of rotatable bonds is 1. The van der Waals surface area contributed by atoms with Crippen molar-refractivity contribution in [2.75, 3.05) is 5.73 Å². The number of hydrogen-bond donors (Lipinski definition) is 1. The van der Waals surface area contributed by atoms with E-state index in [2.05, 4.69) is 66.7 Å². The van der Waals surface area contributed by atoms with Gasteiger partial charge in [0.15, 0.2) is 0 Å². The maximum Gasteiger partial charge on any atom is 0.0948 e. The summed E-state index contributed by atoms with van der Waals surface area (Å²) in [4.78, 5) is 0. The van der Waals surface area contributed by atoms with Gasteiger partial charge in [-0.15, -0.1) is 11.3 Å². The van der Waals surface area contributed by atoms with Crippen molar-refractivity contribution in [3.8, 4) is 11.1 Å². The highest BCUT2D eigenvalue weighted by atomic mass is 32.1. The summed E-state index contributed by atoms with van der Waals surface area (Å²) in [6.45, 7) is 0. The van der Waals surface area contributed by atoms with E-state index in [4.69, 9.17) is 5.73 Å². The van der Waals surface area contributed by atoms with Crippen molar-refractivity contribution in [2.45, 2.75) is 25.7 Å². The molecule has 6 rings (SSSR count). The van der Waals surface area contributed by atoms with Gasteiger partial charge in [0.25, 0.3) is 0 Å². The molecule has 0 atom stereocenters. The minimum absolute atomic E-state index is 0.902. The third kappa shape index (κ3) is 2.25. The van der Waals surface area contributed by atoms with Crippen LogP contribution in [0.3, 0.4) is 0 Å². The molecule has 136 valence electrons. The van der Waals surface area contributed by atoms with E-state index in [0.29, 0.717) is 0 Å². The van der Waals surface area contributed by atoms with Crippen molar-refractivity contribution in [2.24, 2.45) is 0 Å². The van der Waals surface area contributed by atoms with E-state index in [1.165, 1.54) is 68.4 Å². The van der Waals surface area contributed by atoms with Gasteiger partial charge in [-0.25, -0.2) is 0 Å². The normalized spacial score (nSPS) is 14.0. The fourth-order valence-electron chi connectivity index (χ4n) is 4.99. The van der Waals surface area contributed by atoms with Gasteiger partial charge in [0, 0.05) is 15.6 Å². The van der Waals surface area contributed by atoms with Gasteiger partial charge in [-0.1, -0.05) is 60.7 Å². The molecule has 5 aromatic rings. The summed E-state index contributed by atoms with van der Waals surface area (Å²) in [6, 6.07) is 24.6. The Morgan fingerprint density at radius 3 is 2.36 bits per heavy atom. The molecule has 0 unspecified atom stereocenters. The van der Waals surface area contributed by atoms with E-state index >= 15 is 0 Å². The topological polar surface area (TPSA) is 26.0 Å². The molecule has 1 aliphatic rings. The van der Waals surface area contributed by atoms with Gasteiger partial charge in [0.05, 0.1) is 5.00 Å². The van der Waals surface area contributed by atoms with E-state index in [0.717, 1.165) is 5.00 Å². The highest BCUT2D eigenvalue weighted by Crippen LogP contribution is 2.44. The Balaban J connectivity index is 1.69. The van der Waals surface area contributed by atoms with Crippen LogP contribution in [-0.2, 0) is 12.8 Å². The minimum atomic E-state index is 0.902. The Kier molecular flexibility index (Phi) is 3.51. The zero-order chi connectivity index (χ0) is 18.7. The summed E-state index contributed by atoms with van der Waals surface area (Å²) in [7, 11) is 0. The smallest absolute Gasteiger partial charge is 0.0948 e. The fraction of sp³-hybridized carbons (Fsp3) is 0.154. The Morgan fingerprint density at radius 2 is 1.39 bits per heavy atom. The predicted molar refractivity (Wildman–Crippen MR) is 123 cm³/mol. The van der Waals surface area contributed by atoms with Gasteiger partial charge in [-0.2, -0.15) is 0 Å². The third-order valence-corrected chi connectivity index (χ3v) is 7.28. The highest BCUT2D eigenvalue weighted by molar-refractivity contribution is 7.23. The van der Waals surface area contributed by atoms with Crippen LogP contribution in [0.25, 0.3) is 42.8 Å². The number of anilines is 1. The highest BCUT2D eigenvalue weighted by Gasteiger charge is 2.17. The van der Waals surface area contributed by atoms with E-state index in [1.807, 2.05) is 0 Å².